The Labute approximate surface area is 108 Å². The summed E-state index contributed by atoms with van der Waals surface area (Å²) in [5, 5.41) is 7.23. The van der Waals surface area contributed by atoms with Crippen molar-refractivity contribution in [2.24, 2.45) is 0 Å². The van der Waals surface area contributed by atoms with E-state index in [1.165, 1.54) is 32.1 Å². The Morgan fingerprint density at radius 3 is 3.06 bits per heavy atom. The average molecular weight is 247 g/mol. The van der Waals surface area contributed by atoms with Gasteiger partial charge in [0, 0.05) is 17.6 Å². The SMILES string of the molecule is COc1cccc(NC2CCNC3(CCC3)C2)n1. The first kappa shape index (κ1) is 11.8. The number of methoxy groups -OCH3 is 1. The summed E-state index contributed by atoms with van der Waals surface area (Å²) in [4.78, 5) is 4.42. The number of ether oxygens (including phenoxy) is 1. The van der Waals surface area contributed by atoms with Crippen molar-refractivity contribution in [3.05, 3.63) is 18.2 Å². The van der Waals surface area contributed by atoms with Crippen LogP contribution in [0.15, 0.2) is 18.2 Å². The minimum atomic E-state index is 0.425. The molecule has 18 heavy (non-hydrogen) atoms. The first-order valence-corrected chi connectivity index (χ1v) is 6.82. The average Bonchev–Trinajstić information content (AvgIpc) is 2.37. The lowest BCUT2D eigenvalue weighted by molar-refractivity contribution is 0.135. The van der Waals surface area contributed by atoms with Crippen molar-refractivity contribution in [2.75, 3.05) is 19.0 Å². The summed E-state index contributed by atoms with van der Waals surface area (Å²) in [5.41, 5.74) is 0.425. The topological polar surface area (TPSA) is 46.2 Å². The second-order valence-corrected chi connectivity index (χ2v) is 5.46. The van der Waals surface area contributed by atoms with E-state index in [0.29, 0.717) is 17.5 Å². The van der Waals surface area contributed by atoms with Crippen molar-refractivity contribution >= 4 is 5.82 Å². The number of anilines is 1. The molecule has 1 atom stereocenters. The molecule has 2 N–H and O–H groups in total. The highest BCUT2D eigenvalue weighted by atomic mass is 16.5. The van der Waals surface area contributed by atoms with Crippen LogP contribution in [0.5, 0.6) is 5.88 Å². The molecule has 0 aromatic carbocycles. The predicted octanol–water partition coefficient (Wildman–Crippen LogP) is 2.18. The van der Waals surface area contributed by atoms with E-state index in [-0.39, 0.29) is 0 Å². The number of nitrogens with zero attached hydrogens (tertiary/aromatic N) is 1. The molecule has 2 fully saturated rings. The predicted molar refractivity (Wildman–Crippen MR) is 72.0 cm³/mol. The Balaban J connectivity index is 1.64. The number of aromatic nitrogens is 1. The van der Waals surface area contributed by atoms with Crippen molar-refractivity contribution in [2.45, 2.75) is 43.7 Å². The normalized spacial score (nSPS) is 25.5. The van der Waals surface area contributed by atoms with E-state index in [0.717, 1.165) is 12.4 Å². The van der Waals surface area contributed by atoms with Gasteiger partial charge in [-0.1, -0.05) is 6.07 Å². The maximum atomic E-state index is 5.15. The Hall–Kier alpha value is -1.29. The molecular weight excluding hydrogens is 226 g/mol. The van der Waals surface area contributed by atoms with Gasteiger partial charge in [-0.25, -0.2) is 0 Å². The zero-order valence-electron chi connectivity index (χ0n) is 10.9. The second-order valence-electron chi connectivity index (χ2n) is 5.46. The van der Waals surface area contributed by atoms with Gasteiger partial charge in [-0.3, -0.25) is 0 Å². The fourth-order valence-electron chi connectivity index (χ4n) is 3.08. The molecule has 1 saturated carbocycles. The number of hydrogen-bond donors (Lipinski definition) is 2. The van der Waals surface area contributed by atoms with E-state index < -0.39 is 0 Å². The molecule has 4 nitrogen and oxygen atoms in total. The monoisotopic (exact) mass is 247 g/mol. The molecule has 3 rings (SSSR count). The van der Waals surface area contributed by atoms with Crippen molar-refractivity contribution in [1.82, 2.24) is 10.3 Å². The Morgan fingerprint density at radius 1 is 1.44 bits per heavy atom. The largest absolute Gasteiger partial charge is 0.481 e. The number of hydrogen-bond acceptors (Lipinski definition) is 4. The molecule has 1 aromatic heterocycles. The molecule has 1 unspecified atom stereocenters. The fourth-order valence-corrected chi connectivity index (χ4v) is 3.08. The van der Waals surface area contributed by atoms with Crippen LogP contribution < -0.4 is 15.4 Å². The smallest absolute Gasteiger partial charge is 0.214 e. The minimum Gasteiger partial charge on any atom is -0.481 e. The first-order chi connectivity index (χ1) is 8.80. The molecule has 0 amide bonds. The summed E-state index contributed by atoms with van der Waals surface area (Å²) in [6, 6.07) is 6.40. The highest BCUT2D eigenvalue weighted by Crippen LogP contribution is 2.38. The number of piperidine rings is 1. The van der Waals surface area contributed by atoms with E-state index >= 15 is 0 Å². The Kier molecular flexibility index (Phi) is 3.12. The molecule has 1 aromatic rings. The molecule has 1 spiro atoms. The van der Waals surface area contributed by atoms with Crippen LogP contribution in [0.4, 0.5) is 5.82 Å². The third-order valence-electron chi connectivity index (χ3n) is 4.23. The molecule has 2 heterocycles. The lowest BCUT2D eigenvalue weighted by Gasteiger charge is -2.48. The Bertz CT molecular complexity index is 417. The summed E-state index contributed by atoms with van der Waals surface area (Å²) < 4.78 is 5.15. The third-order valence-corrected chi connectivity index (χ3v) is 4.23. The van der Waals surface area contributed by atoms with Crippen molar-refractivity contribution in [1.29, 1.82) is 0 Å². The summed E-state index contributed by atoms with van der Waals surface area (Å²) in [6.07, 6.45) is 6.41. The van der Waals surface area contributed by atoms with E-state index in [4.69, 9.17) is 4.74 Å². The maximum Gasteiger partial charge on any atom is 0.214 e. The van der Waals surface area contributed by atoms with Gasteiger partial charge in [-0.05, 0) is 44.7 Å². The molecule has 1 aliphatic carbocycles. The van der Waals surface area contributed by atoms with Crippen LogP contribution in [-0.4, -0.2) is 30.2 Å². The standard InChI is InChI=1S/C14H21N3O/c1-18-13-5-2-4-12(17-13)16-11-6-9-15-14(10-11)7-3-8-14/h2,4-5,11,15H,3,6-10H2,1H3,(H,16,17). The molecule has 4 heteroatoms. The molecule has 1 saturated heterocycles. The summed E-state index contributed by atoms with van der Waals surface area (Å²) in [7, 11) is 1.65. The van der Waals surface area contributed by atoms with E-state index in [2.05, 4.69) is 15.6 Å². The highest BCUT2D eigenvalue weighted by molar-refractivity contribution is 5.38. The van der Waals surface area contributed by atoms with Gasteiger partial charge in [-0.15, -0.1) is 0 Å². The second kappa shape index (κ2) is 4.76. The van der Waals surface area contributed by atoms with E-state index in [1.54, 1.807) is 7.11 Å². The zero-order chi connectivity index (χ0) is 12.4. The van der Waals surface area contributed by atoms with Gasteiger partial charge in [0.1, 0.15) is 5.82 Å². The molecule has 1 aliphatic heterocycles. The number of rotatable bonds is 3. The zero-order valence-corrected chi connectivity index (χ0v) is 10.9. The maximum absolute atomic E-state index is 5.15. The van der Waals surface area contributed by atoms with E-state index in [9.17, 15) is 0 Å². The van der Waals surface area contributed by atoms with Crippen LogP contribution in [0.2, 0.25) is 0 Å². The van der Waals surface area contributed by atoms with Crippen LogP contribution in [0, 0.1) is 0 Å². The molecular formula is C14H21N3O. The van der Waals surface area contributed by atoms with Crippen LogP contribution >= 0.6 is 0 Å². The van der Waals surface area contributed by atoms with Gasteiger partial charge < -0.3 is 15.4 Å². The van der Waals surface area contributed by atoms with Crippen LogP contribution in [-0.2, 0) is 0 Å². The number of pyridine rings is 1. The van der Waals surface area contributed by atoms with Crippen molar-refractivity contribution < 1.29 is 4.74 Å². The van der Waals surface area contributed by atoms with Gasteiger partial charge in [-0.2, -0.15) is 4.98 Å². The fraction of sp³-hybridized carbons (Fsp3) is 0.643. The molecule has 2 aliphatic rings. The van der Waals surface area contributed by atoms with Gasteiger partial charge in [0.05, 0.1) is 7.11 Å². The van der Waals surface area contributed by atoms with Gasteiger partial charge in [0.2, 0.25) is 5.88 Å². The van der Waals surface area contributed by atoms with Crippen molar-refractivity contribution in [3.8, 4) is 5.88 Å². The van der Waals surface area contributed by atoms with Gasteiger partial charge >= 0.3 is 0 Å². The highest BCUT2D eigenvalue weighted by Gasteiger charge is 2.40. The minimum absolute atomic E-state index is 0.425. The third kappa shape index (κ3) is 2.29. The van der Waals surface area contributed by atoms with Gasteiger partial charge in [0.25, 0.3) is 0 Å². The molecule has 98 valence electrons. The first-order valence-electron chi connectivity index (χ1n) is 6.82. The van der Waals surface area contributed by atoms with E-state index in [1.807, 2.05) is 18.2 Å². The van der Waals surface area contributed by atoms with Crippen molar-refractivity contribution in [3.63, 3.8) is 0 Å². The summed E-state index contributed by atoms with van der Waals surface area (Å²) >= 11 is 0. The number of nitrogens with one attached hydrogen (secondary N) is 2. The molecule has 0 radical (unpaired) electrons. The quantitative estimate of drug-likeness (QED) is 0.859. The van der Waals surface area contributed by atoms with Crippen LogP contribution in [0.3, 0.4) is 0 Å². The summed E-state index contributed by atoms with van der Waals surface area (Å²) in [5.74, 6) is 1.60. The summed E-state index contributed by atoms with van der Waals surface area (Å²) in [6.45, 7) is 1.11. The lowest BCUT2D eigenvalue weighted by atomic mass is 9.70. The van der Waals surface area contributed by atoms with Gasteiger partial charge in [0.15, 0.2) is 0 Å². The van der Waals surface area contributed by atoms with Crippen LogP contribution in [0.1, 0.15) is 32.1 Å². The Morgan fingerprint density at radius 2 is 2.33 bits per heavy atom. The molecule has 0 bridgehead atoms. The lowest BCUT2D eigenvalue weighted by Crippen LogP contribution is -2.58. The van der Waals surface area contributed by atoms with Crippen LogP contribution in [0.25, 0.3) is 0 Å².